The van der Waals surface area contributed by atoms with Gasteiger partial charge in [0, 0.05) is 21.8 Å². The van der Waals surface area contributed by atoms with Crippen LogP contribution in [0, 0.1) is 0 Å². The average molecular weight is 300 g/mol. The summed E-state index contributed by atoms with van der Waals surface area (Å²) >= 11 is 5.87. The van der Waals surface area contributed by atoms with Gasteiger partial charge in [0.05, 0.1) is 0 Å². The van der Waals surface area contributed by atoms with E-state index in [1.807, 2.05) is 0 Å². The Kier molecular flexibility index (Phi) is 3.23. The molecule has 0 spiro atoms. The third-order valence-electron chi connectivity index (χ3n) is 3.19. The topological polar surface area (TPSA) is 66.4 Å². The highest BCUT2D eigenvalue weighted by molar-refractivity contribution is 6.52. The number of rotatable bonds is 2. The summed E-state index contributed by atoms with van der Waals surface area (Å²) in [5, 5.41) is 13.5. The lowest BCUT2D eigenvalue weighted by atomic mass is 9.91. The van der Waals surface area contributed by atoms with Gasteiger partial charge in [-0.05, 0) is 18.2 Å². The number of carbonyl (C=O) groups excluding carboxylic acids is 2. The summed E-state index contributed by atoms with van der Waals surface area (Å²) in [4.78, 5) is 24.2. The Hall–Kier alpha value is -2.59. The highest BCUT2D eigenvalue weighted by Crippen LogP contribution is 2.28. The van der Waals surface area contributed by atoms with Crippen LogP contribution < -0.4 is 5.32 Å². The van der Waals surface area contributed by atoms with Gasteiger partial charge in [0.15, 0.2) is 5.76 Å². The summed E-state index contributed by atoms with van der Waals surface area (Å²) in [6, 6.07) is 13.1. The summed E-state index contributed by atoms with van der Waals surface area (Å²) < 4.78 is 0. The van der Waals surface area contributed by atoms with Gasteiger partial charge in [-0.3, -0.25) is 9.59 Å². The van der Waals surface area contributed by atoms with Gasteiger partial charge in [0.25, 0.3) is 5.78 Å². The number of anilines is 1. The second kappa shape index (κ2) is 5.07. The molecule has 0 fully saturated rings. The van der Waals surface area contributed by atoms with Gasteiger partial charge in [0.1, 0.15) is 5.70 Å². The molecule has 21 heavy (non-hydrogen) atoms. The van der Waals surface area contributed by atoms with Crippen LogP contribution in [0.25, 0.3) is 5.76 Å². The van der Waals surface area contributed by atoms with Crippen LogP contribution in [0.4, 0.5) is 5.69 Å². The summed E-state index contributed by atoms with van der Waals surface area (Å²) in [6.45, 7) is 0. The quantitative estimate of drug-likeness (QED) is 0.834. The van der Waals surface area contributed by atoms with Gasteiger partial charge < -0.3 is 10.4 Å². The average Bonchev–Trinajstić information content (AvgIpc) is 2.49. The zero-order valence-electron chi connectivity index (χ0n) is 10.8. The molecule has 0 saturated carbocycles. The van der Waals surface area contributed by atoms with E-state index in [0.717, 1.165) is 0 Å². The lowest BCUT2D eigenvalue weighted by Crippen LogP contribution is -2.27. The highest BCUT2D eigenvalue weighted by atomic mass is 35.5. The SMILES string of the molecule is O=C1C(=O)c2ccccc2C(O)=C1Nc1cccc(Cl)c1. The lowest BCUT2D eigenvalue weighted by molar-refractivity contribution is -0.111. The number of hydrogen-bond acceptors (Lipinski definition) is 4. The zero-order valence-corrected chi connectivity index (χ0v) is 11.5. The van der Waals surface area contributed by atoms with Crippen LogP contribution in [-0.4, -0.2) is 16.7 Å². The summed E-state index contributed by atoms with van der Waals surface area (Å²) in [6.07, 6.45) is 0. The lowest BCUT2D eigenvalue weighted by Gasteiger charge is -2.18. The molecule has 0 bridgehead atoms. The van der Waals surface area contributed by atoms with Crippen LogP contribution in [-0.2, 0) is 4.79 Å². The van der Waals surface area contributed by atoms with Crippen molar-refractivity contribution >= 4 is 34.6 Å². The molecular formula is C16H10ClNO3. The van der Waals surface area contributed by atoms with E-state index in [2.05, 4.69) is 5.32 Å². The maximum atomic E-state index is 12.1. The zero-order chi connectivity index (χ0) is 15.0. The van der Waals surface area contributed by atoms with E-state index in [9.17, 15) is 14.7 Å². The number of aliphatic hydroxyl groups is 1. The van der Waals surface area contributed by atoms with Crippen LogP contribution in [0.1, 0.15) is 15.9 Å². The minimum atomic E-state index is -0.772. The third kappa shape index (κ3) is 2.30. The molecule has 1 aliphatic carbocycles. The van der Waals surface area contributed by atoms with Gasteiger partial charge in [0.2, 0.25) is 5.78 Å². The van der Waals surface area contributed by atoms with Crippen molar-refractivity contribution in [1.82, 2.24) is 0 Å². The fourth-order valence-electron chi connectivity index (χ4n) is 2.19. The summed E-state index contributed by atoms with van der Waals surface area (Å²) in [5.74, 6) is -1.66. The third-order valence-corrected chi connectivity index (χ3v) is 3.43. The summed E-state index contributed by atoms with van der Waals surface area (Å²) in [7, 11) is 0. The fourth-order valence-corrected chi connectivity index (χ4v) is 2.38. The van der Waals surface area contributed by atoms with Crippen LogP contribution >= 0.6 is 11.6 Å². The van der Waals surface area contributed by atoms with Gasteiger partial charge in [-0.1, -0.05) is 41.9 Å². The largest absolute Gasteiger partial charge is 0.505 e. The van der Waals surface area contributed by atoms with Gasteiger partial charge in [-0.15, -0.1) is 0 Å². The first kappa shape index (κ1) is 13.4. The molecule has 2 N–H and O–H groups in total. The molecule has 0 heterocycles. The van der Waals surface area contributed by atoms with E-state index in [-0.39, 0.29) is 17.0 Å². The Balaban J connectivity index is 2.09. The number of fused-ring (bicyclic) bond motifs is 1. The van der Waals surface area contributed by atoms with E-state index in [1.54, 1.807) is 42.5 Å². The maximum absolute atomic E-state index is 12.1. The van der Waals surface area contributed by atoms with E-state index in [1.165, 1.54) is 6.07 Å². The molecule has 1 aliphatic rings. The molecule has 3 rings (SSSR count). The molecule has 2 aromatic carbocycles. The Bertz CT molecular complexity index is 796. The summed E-state index contributed by atoms with van der Waals surface area (Å²) in [5.41, 5.74) is 0.925. The second-order valence-electron chi connectivity index (χ2n) is 4.56. The molecule has 0 saturated heterocycles. The normalized spacial score (nSPS) is 14.1. The molecule has 0 atom stereocenters. The number of carbonyl (C=O) groups is 2. The second-order valence-corrected chi connectivity index (χ2v) is 5.00. The van der Waals surface area contributed by atoms with Crippen molar-refractivity contribution in [2.24, 2.45) is 0 Å². The number of halogens is 1. The Labute approximate surface area is 125 Å². The number of ketones is 2. The van der Waals surface area contributed by atoms with Crippen molar-refractivity contribution in [3.63, 3.8) is 0 Å². The van der Waals surface area contributed by atoms with Crippen molar-refractivity contribution < 1.29 is 14.7 Å². The van der Waals surface area contributed by atoms with Crippen LogP contribution in [0.5, 0.6) is 0 Å². The van der Waals surface area contributed by atoms with Crippen molar-refractivity contribution in [1.29, 1.82) is 0 Å². The maximum Gasteiger partial charge on any atom is 0.253 e. The molecule has 2 aromatic rings. The van der Waals surface area contributed by atoms with Crippen molar-refractivity contribution in [2.45, 2.75) is 0 Å². The Morgan fingerprint density at radius 3 is 2.33 bits per heavy atom. The standard InChI is InChI=1S/C16H10ClNO3/c17-9-4-3-5-10(8-9)18-13-14(19)11-6-1-2-7-12(11)15(20)16(13)21/h1-8,18-19H. The Morgan fingerprint density at radius 1 is 0.905 bits per heavy atom. The molecule has 0 aromatic heterocycles. The van der Waals surface area contributed by atoms with Gasteiger partial charge >= 0.3 is 0 Å². The number of allylic oxidation sites excluding steroid dienone is 1. The first-order chi connectivity index (χ1) is 10.1. The van der Waals surface area contributed by atoms with E-state index in [4.69, 9.17) is 11.6 Å². The number of hydrogen-bond donors (Lipinski definition) is 2. The van der Waals surface area contributed by atoms with Crippen LogP contribution in [0.15, 0.2) is 54.2 Å². The molecule has 5 heteroatoms. The Morgan fingerprint density at radius 2 is 1.62 bits per heavy atom. The molecule has 0 aliphatic heterocycles. The number of nitrogens with one attached hydrogen (secondary N) is 1. The van der Waals surface area contributed by atoms with Crippen LogP contribution in [0.3, 0.4) is 0 Å². The van der Waals surface area contributed by atoms with Gasteiger partial charge in [-0.25, -0.2) is 0 Å². The highest BCUT2D eigenvalue weighted by Gasteiger charge is 2.32. The molecule has 4 nitrogen and oxygen atoms in total. The molecule has 0 radical (unpaired) electrons. The van der Waals surface area contributed by atoms with E-state index in [0.29, 0.717) is 16.3 Å². The minimum absolute atomic E-state index is 0.138. The first-order valence-electron chi connectivity index (χ1n) is 6.22. The van der Waals surface area contributed by atoms with Crippen molar-refractivity contribution in [3.8, 4) is 0 Å². The van der Waals surface area contributed by atoms with Gasteiger partial charge in [-0.2, -0.15) is 0 Å². The molecular weight excluding hydrogens is 290 g/mol. The molecule has 0 amide bonds. The predicted octanol–water partition coefficient (Wildman–Crippen LogP) is 3.44. The van der Waals surface area contributed by atoms with Crippen molar-refractivity contribution in [2.75, 3.05) is 5.32 Å². The number of Topliss-reactive ketones (excluding diaryl/α,β-unsaturated/α-hetero) is 2. The van der Waals surface area contributed by atoms with E-state index < -0.39 is 11.6 Å². The molecule has 104 valence electrons. The minimum Gasteiger partial charge on any atom is -0.505 e. The van der Waals surface area contributed by atoms with Crippen LogP contribution in [0.2, 0.25) is 5.02 Å². The fraction of sp³-hybridized carbons (Fsp3) is 0. The first-order valence-corrected chi connectivity index (χ1v) is 6.60. The molecule has 0 unspecified atom stereocenters. The number of benzene rings is 2. The van der Waals surface area contributed by atoms with E-state index >= 15 is 0 Å². The number of aliphatic hydroxyl groups excluding tert-OH is 1. The monoisotopic (exact) mass is 299 g/mol. The predicted molar refractivity (Wildman–Crippen MR) is 80.4 cm³/mol. The van der Waals surface area contributed by atoms with Crippen molar-refractivity contribution in [3.05, 3.63) is 70.4 Å². The smallest absolute Gasteiger partial charge is 0.253 e.